The smallest absolute Gasteiger partial charge is 0.293 e. The number of fused-ring (bicyclic) bond motifs is 1. The molecule has 0 radical (unpaired) electrons. The van der Waals surface area contributed by atoms with E-state index in [2.05, 4.69) is 0 Å². The van der Waals surface area contributed by atoms with Crippen LogP contribution in [0.25, 0.3) is 17.0 Å². The van der Waals surface area contributed by atoms with Gasteiger partial charge in [-0.2, -0.15) is 0 Å². The van der Waals surface area contributed by atoms with Gasteiger partial charge in [0, 0.05) is 35.8 Å². The fourth-order valence-electron chi connectivity index (χ4n) is 4.12. The van der Waals surface area contributed by atoms with E-state index >= 15 is 0 Å². The van der Waals surface area contributed by atoms with Gasteiger partial charge in [-0.05, 0) is 29.5 Å². The first kappa shape index (κ1) is 21.5. The maximum Gasteiger partial charge on any atom is 0.293 e. The summed E-state index contributed by atoms with van der Waals surface area (Å²) < 4.78 is 7.25. The Morgan fingerprint density at radius 2 is 1.73 bits per heavy atom. The number of aromatic nitrogens is 1. The maximum absolute atomic E-state index is 13.0. The molecule has 3 amide bonds. The van der Waals surface area contributed by atoms with E-state index in [0.29, 0.717) is 31.2 Å². The minimum absolute atomic E-state index is 0.0359. The Labute approximate surface area is 195 Å². The van der Waals surface area contributed by atoms with Gasteiger partial charge in [0.05, 0.1) is 24.7 Å². The lowest BCUT2D eigenvalue weighted by atomic mass is 10.1. The van der Waals surface area contributed by atoms with E-state index in [4.69, 9.17) is 4.74 Å². The van der Waals surface area contributed by atoms with Gasteiger partial charge in [-0.3, -0.25) is 19.3 Å². The van der Waals surface area contributed by atoms with Gasteiger partial charge in [0.25, 0.3) is 11.1 Å². The lowest BCUT2D eigenvalue weighted by Crippen LogP contribution is -2.42. The molecule has 2 aliphatic rings. The number of morpholine rings is 1. The summed E-state index contributed by atoms with van der Waals surface area (Å²) in [6.07, 6.45) is 3.64. The summed E-state index contributed by atoms with van der Waals surface area (Å²) in [5.74, 6) is -0.260. The zero-order chi connectivity index (χ0) is 22.8. The van der Waals surface area contributed by atoms with Gasteiger partial charge >= 0.3 is 0 Å². The zero-order valence-corrected chi connectivity index (χ0v) is 18.8. The molecule has 2 fully saturated rings. The van der Waals surface area contributed by atoms with Crippen molar-refractivity contribution in [1.29, 1.82) is 0 Å². The Balaban J connectivity index is 1.41. The van der Waals surface area contributed by atoms with Gasteiger partial charge in [-0.1, -0.05) is 48.5 Å². The van der Waals surface area contributed by atoms with Crippen LogP contribution in [0.2, 0.25) is 0 Å². The van der Waals surface area contributed by atoms with E-state index in [9.17, 15) is 14.4 Å². The third-order valence-electron chi connectivity index (χ3n) is 5.83. The fraction of sp³-hybridized carbons (Fsp3) is 0.240. The van der Waals surface area contributed by atoms with Crippen molar-refractivity contribution in [2.75, 3.05) is 26.3 Å². The highest BCUT2D eigenvalue weighted by molar-refractivity contribution is 8.18. The van der Waals surface area contributed by atoms with E-state index in [1.165, 1.54) is 4.90 Å². The summed E-state index contributed by atoms with van der Waals surface area (Å²) in [5.41, 5.74) is 2.62. The van der Waals surface area contributed by atoms with E-state index in [0.717, 1.165) is 33.8 Å². The van der Waals surface area contributed by atoms with Crippen LogP contribution in [0.5, 0.6) is 0 Å². The molecule has 7 nitrogen and oxygen atoms in total. The average Bonchev–Trinajstić information content (AvgIpc) is 3.32. The van der Waals surface area contributed by atoms with Crippen molar-refractivity contribution in [3.63, 3.8) is 0 Å². The second-order valence-electron chi connectivity index (χ2n) is 7.98. The molecule has 168 valence electrons. The van der Waals surface area contributed by atoms with Crippen molar-refractivity contribution < 1.29 is 19.1 Å². The van der Waals surface area contributed by atoms with Crippen molar-refractivity contribution in [3.8, 4) is 0 Å². The second-order valence-corrected chi connectivity index (χ2v) is 8.97. The first-order valence-corrected chi connectivity index (χ1v) is 11.6. The largest absolute Gasteiger partial charge is 0.378 e. The Morgan fingerprint density at radius 3 is 2.52 bits per heavy atom. The normalized spacial score (nSPS) is 18.0. The number of carbonyl (C=O) groups is 3. The van der Waals surface area contributed by atoms with Crippen molar-refractivity contribution in [2.24, 2.45) is 0 Å². The van der Waals surface area contributed by atoms with Crippen LogP contribution in [0.15, 0.2) is 65.7 Å². The third-order valence-corrected chi connectivity index (χ3v) is 6.74. The predicted molar refractivity (Wildman–Crippen MR) is 127 cm³/mol. The number of hydrogen-bond donors (Lipinski definition) is 0. The first-order chi connectivity index (χ1) is 16.1. The lowest BCUT2D eigenvalue weighted by Gasteiger charge is -2.27. The molecule has 0 spiro atoms. The van der Waals surface area contributed by atoms with Gasteiger partial charge in [0.2, 0.25) is 5.91 Å². The molecule has 3 heterocycles. The SMILES string of the molecule is O=C(Cn1cc(/C=C2\SC(=O)N(Cc3ccccc3)C2=O)c2ccccc21)N1CCOCC1. The maximum atomic E-state index is 13.0. The van der Waals surface area contributed by atoms with E-state index in [1.807, 2.05) is 70.3 Å². The van der Waals surface area contributed by atoms with Crippen molar-refractivity contribution in [2.45, 2.75) is 13.1 Å². The quantitative estimate of drug-likeness (QED) is 0.542. The number of thioether (sulfide) groups is 1. The Bertz CT molecular complexity index is 1250. The summed E-state index contributed by atoms with van der Waals surface area (Å²) in [6, 6.07) is 17.2. The van der Waals surface area contributed by atoms with Crippen LogP contribution >= 0.6 is 11.8 Å². The number of rotatable bonds is 5. The Morgan fingerprint density at radius 1 is 1.00 bits per heavy atom. The minimum atomic E-state index is -0.296. The molecule has 0 N–H and O–H groups in total. The van der Waals surface area contributed by atoms with Gasteiger partial charge in [-0.15, -0.1) is 0 Å². The Kier molecular flexibility index (Phi) is 6.02. The lowest BCUT2D eigenvalue weighted by molar-refractivity contribution is -0.135. The number of ether oxygens (including phenoxy) is 1. The molecule has 0 atom stereocenters. The highest BCUT2D eigenvalue weighted by atomic mass is 32.2. The van der Waals surface area contributed by atoms with E-state index in [-0.39, 0.29) is 30.1 Å². The summed E-state index contributed by atoms with van der Waals surface area (Å²) in [7, 11) is 0. The first-order valence-electron chi connectivity index (χ1n) is 10.8. The molecule has 2 aromatic carbocycles. The van der Waals surface area contributed by atoms with Gasteiger partial charge in [0.1, 0.15) is 6.54 Å². The molecule has 1 aromatic heterocycles. The van der Waals surface area contributed by atoms with Crippen molar-refractivity contribution in [3.05, 3.63) is 76.8 Å². The molecule has 2 aliphatic heterocycles. The molecular formula is C25H23N3O4S. The molecular weight excluding hydrogens is 438 g/mol. The summed E-state index contributed by atoms with van der Waals surface area (Å²) in [4.78, 5) is 41.8. The number of amides is 3. The number of benzene rings is 2. The molecule has 2 saturated heterocycles. The summed E-state index contributed by atoms with van der Waals surface area (Å²) >= 11 is 0.951. The average molecular weight is 462 g/mol. The molecule has 33 heavy (non-hydrogen) atoms. The van der Waals surface area contributed by atoms with Gasteiger partial charge in [-0.25, -0.2) is 0 Å². The van der Waals surface area contributed by atoms with Crippen molar-refractivity contribution >= 4 is 45.8 Å². The van der Waals surface area contributed by atoms with Crippen LogP contribution in [-0.2, 0) is 27.4 Å². The highest BCUT2D eigenvalue weighted by Crippen LogP contribution is 2.35. The van der Waals surface area contributed by atoms with Crippen LogP contribution in [-0.4, -0.2) is 57.7 Å². The third kappa shape index (κ3) is 4.44. The van der Waals surface area contributed by atoms with Crippen LogP contribution in [0.4, 0.5) is 4.79 Å². The molecule has 0 bridgehead atoms. The number of nitrogens with zero attached hydrogens (tertiary/aromatic N) is 3. The molecule has 0 aliphatic carbocycles. The van der Waals surface area contributed by atoms with E-state index < -0.39 is 0 Å². The monoisotopic (exact) mass is 461 g/mol. The summed E-state index contributed by atoms with van der Waals surface area (Å²) in [6.45, 7) is 2.77. The van der Waals surface area contributed by atoms with Gasteiger partial charge in [0.15, 0.2) is 0 Å². The highest BCUT2D eigenvalue weighted by Gasteiger charge is 2.35. The number of hydrogen-bond acceptors (Lipinski definition) is 5. The topological polar surface area (TPSA) is 71.9 Å². The summed E-state index contributed by atoms with van der Waals surface area (Å²) in [5, 5.41) is 0.656. The number of para-hydroxylation sites is 1. The molecule has 5 rings (SSSR count). The Hall–Kier alpha value is -3.36. The zero-order valence-electron chi connectivity index (χ0n) is 18.0. The molecule has 0 saturated carbocycles. The molecule has 8 heteroatoms. The van der Waals surface area contributed by atoms with Crippen LogP contribution < -0.4 is 0 Å². The standard InChI is InChI=1S/C25H23N3O4S/c29-23(26-10-12-32-13-11-26)17-27-16-19(20-8-4-5-9-21(20)27)14-22-24(30)28(25(31)33-22)15-18-6-2-1-3-7-18/h1-9,14,16H,10-13,15,17H2/b22-14-. The second kappa shape index (κ2) is 9.25. The van der Waals surface area contributed by atoms with E-state index in [1.54, 1.807) is 6.08 Å². The van der Waals surface area contributed by atoms with Crippen LogP contribution in [0.3, 0.4) is 0 Å². The number of imide groups is 1. The van der Waals surface area contributed by atoms with Crippen LogP contribution in [0.1, 0.15) is 11.1 Å². The van der Waals surface area contributed by atoms with Gasteiger partial charge < -0.3 is 14.2 Å². The fourth-order valence-corrected chi connectivity index (χ4v) is 4.95. The molecule has 3 aromatic rings. The van der Waals surface area contributed by atoms with Crippen LogP contribution in [0, 0.1) is 0 Å². The van der Waals surface area contributed by atoms with Crippen molar-refractivity contribution in [1.82, 2.24) is 14.4 Å². The predicted octanol–water partition coefficient (Wildman–Crippen LogP) is 3.74. The minimum Gasteiger partial charge on any atom is -0.378 e. The molecule has 0 unspecified atom stereocenters. The number of carbonyl (C=O) groups excluding carboxylic acids is 3.